The lowest BCUT2D eigenvalue weighted by Crippen LogP contribution is -2.45. The third-order valence-electron chi connectivity index (χ3n) is 6.96. The number of esters is 1. The number of fused-ring (bicyclic) bond motifs is 2. The van der Waals surface area contributed by atoms with Gasteiger partial charge in [-0.2, -0.15) is 8.78 Å². The summed E-state index contributed by atoms with van der Waals surface area (Å²) in [6.07, 6.45) is 4.07. The van der Waals surface area contributed by atoms with E-state index in [-0.39, 0.29) is 17.5 Å². The number of benzene rings is 2. The summed E-state index contributed by atoms with van der Waals surface area (Å²) in [5.41, 5.74) is 1.43. The van der Waals surface area contributed by atoms with Crippen molar-refractivity contribution in [2.45, 2.75) is 62.3 Å². The Morgan fingerprint density at radius 3 is 2.41 bits per heavy atom. The van der Waals surface area contributed by atoms with Crippen molar-refractivity contribution in [2.75, 3.05) is 5.32 Å². The Morgan fingerprint density at radius 2 is 1.76 bits per heavy atom. The van der Waals surface area contributed by atoms with E-state index >= 15 is 0 Å². The van der Waals surface area contributed by atoms with Crippen LogP contribution in [0.5, 0.6) is 0 Å². The molecule has 2 aliphatic carbocycles. The maximum absolute atomic E-state index is 12.9. The van der Waals surface area contributed by atoms with E-state index in [4.69, 9.17) is 4.74 Å². The van der Waals surface area contributed by atoms with Gasteiger partial charge in [0.15, 0.2) is 6.10 Å². The van der Waals surface area contributed by atoms with Crippen molar-refractivity contribution in [3.8, 4) is 0 Å². The number of thioether (sulfide) groups is 1. The normalized spacial score (nSPS) is 22.9. The highest BCUT2D eigenvalue weighted by atomic mass is 32.2. The molecule has 0 radical (unpaired) electrons. The number of para-hydroxylation sites is 1. The van der Waals surface area contributed by atoms with Crippen LogP contribution in [0.4, 0.5) is 20.2 Å². The molecule has 2 saturated carbocycles. The summed E-state index contributed by atoms with van der Waals surface area (Å²) >= 11 is 0.473. The number of carbonyl (C=O) groups excluding carboxylic acids is 2. The first-order valence-electron chi connectivity index (χ1n) is 11.7. The highest BCUT2D eigenvalue weighted by Gasteiger charge is 2.42. The average Bonchev–Trinajstić information content (AvgIpc) is 3.44. The zero-order valence-electron chi connectivity index (χ0n) is 19.3. The molecule has 2 N–H and O–H groups in total. The lowest BCUT2D eigenvalue weighted by atomic mass is 9.84. The Kier molecular flexibility index (Phi) is 7.76. The van der Waals surface area contributed by atoms with Crippen LogP contribution in [0.3, 0.4) is 0 Å². The number of ether oxygens (including phenoxy) is 1. The summed E-state index contributed by atoms with van der Waals surface area (Å²) in [6, 6.07) is 13.4. The van der Waals surface area contributed by atoms with Gasteiger partial charge in [-0.1, -0.05) is 30.3 Å². The molecule has 2 aromatic carbocycles. The van der Waals surface area contributed by atoms with Crippen molar-refractivity contribution < 1.29 is 23.1 Å². The smallest absolute Gasteiger partial charge is 0.341 e. The van der Waals surface area contributed by atoms with Crippen molar-refractivity contribution in [3.05, 3.63) is 54.1 Å². The molecule has 2 bridgehead atoms. The molecule has 2 aromatic rings. The highest BCUT2D eigenvalue weighted by Crippen LogP contribution is 2.49. The number of hydrogen-bond donors (Lipinski definition) is 2. The third kappa shape index (κ3) is 5.90. The Morgan fingerprint density at radius 1 is 1.03 bits per heavy atom. The lowest BCUT2D eigenvalue weighted by molar-refractivity contribution is -0.130. The maximum Gasteiger partial charge on any atom is 0.341 e. The Bertz CT molecular complexity index is 1020. The minimum Gasteiger partial charge on any atom is -0.449 e. The Hall–Kier alpha value is -2.61. The number of rotatable bonds is 9. The van der Waals surface area contributed by atoms with Crippen molar-refractivity contribution in [1.29, 1.82) is 0 Å². The molecule has 5 nitrogen and oxygen atoms in total. The minimum absolute atomic E-state index is 0.0594. The molecule has 2 aliphatic rings. The molecule has 8 heteroatoms. The van der Waals surface area contributed by atoms with Crippen molar-refractivity contribution in [2.24, 2.45) is 17.8 Å². The first-order chi connectivity index (χ1) is 16.3. The first-order valence-corrected chi connectivity index (χ1v) is 12.6. The summed E-state index contributed by atoms with van der Waals surface area (Å²) in [5, 5.41) is 6.17. The van der Waals surface area contributed by atoms with Crippen LogP contribution < -0.4 is 10.6 Å². The molecule has 182 valence electrons. The van der Waals surface area contributed by atoms with Crippen LogP contribution in [0.1, 0.15) is 49.9 Å². The van der Waals surface area contributed by atoms with E-state index < -0.39 is 17.8 Å². The number of amides is 1. The van der Waals surface area contributed by atoms with E-state index in [0.717, 1.165) is 5.92 Å². The van der Waals surface area contributed by atoms with Crippen molar-refractivity contribution in [3.63, 3.8) is 0 Å². The molecular weight excluding hydrogens is 458 g/mol. The van der Waals surface area contributed by atoms with E-state index in [1.54, 1.807) is 55.5 Å². The molecule has 0 heterocycles. The van der Waals surface area contributed by atoms with Gasteiger partial charge in [0.2, 0.25) is 0 Å². The van der Waals surface area contributed by atoms with E-state index in [1.807, 2.05) is 6.92 Å². The van der Waals surface area contributed by atoms with Crippen LogP contribution in [-0.4, -0.2) is 29.8 Å². The van der Waals surface area contributed by atoms with Gasteiger partial charge >= 0.3 is 5.97 Å². The first kappa shape index (κ1) is 24.5. The molecular formula is C26H30F2N2O3S. The van der Waals surface area contributed by atoms with Gasteiger partial charge in [0.05, 0.1) is 11.3 Å². The van der Waals surface area contributed by atoms with Crippen molar-refractivity contribution >= 4 is 35.0 Å². The zero-order chi connectivity index (χ0) is 24.2. The van der Waals surface area contributed by atoms with Crippen LogP contribution in [0.15, 0.2) is 53.4 Å². The molecule has 4 rings (SSSR count). The topological polar surface area (TPSA) is 67.4 Å². The second-order valence-electron chi connectivity index (χ2n) is 9.26. The van der Waals surface area contributed by atoms with E-state index in [2.05, 4.69) is 10.6 Å². The molecule has 0 aliphatic heterocycles. The van der Waals surface area contributed by atoms with Crippen LogP contribution in [0.25, 0.3) is 0 Å². The lowest BCUT2D eigenvalue weighted by Gasteiger charge is -2.29. The molecule has 5 atom stereocenters. The monoisotopic (exact) mass is 488 g/mol. The minimum atomic E-state index is -2.48. The van der Waals surface area contributed by atoms with Gasteiger partial charge in [0.1, 0.15) is 0 Å². The number of anilines is 2. The van der Waals surface area contributed by atoms with Gasteiger partial charge in [-0.25, -0.2) is 4.79 Å². The molecule has 2 fully saturated rings. The highest BCUT2D eigenvalue weighted by molar-refractivity contribution is 7.99. The van der Waals surface area contributed by atoms with Gasteiger partial charge < -0.3 is 15.4 Å². The number of hydrogen-bond acceptors (Lipinski definition) is 5. The molecule has 0 saturated heterocycles. The second kappa shape index (κ2) is 10.8. The van der Waals surface area contributed by atoms with Gasteiger partial charge in [-0.3, -0.25) is 4.79 Å². The fourth-order valence-electron chi connectivity index (χ4n) is 5.28. The summed E-state index contributed by atoms with van der Waals surface area (Å²) in [7, 11) is 0. The summed E-state index contributed by atoms with van der Waals surface area (Å²) in [5.74, 6) is -1.39. The quantitative estimate of drug-likeness (QED) is 0.323. The van der Waals surface area contributed by atoms with Crippen LogP contribution >= 0.6 is 11.8 Å². The van der Waals surface area contributed by atoms with Gasteiger partial charge in [-0.05, 0) is 87.3 Å². The van der Waals surface area contributed by atoms with Crippen molar-refractivity contribution in [1.82, 2.24) is 5.32 Å². The molecule has 1 amide bonds. The predicted molar refractivity (Wildman–Crippen MR) is 129 cm³/mol. The van der Waals surface area contributed by atoms with Crippen LogP contribution in [0.2, 0.25) is 0 Å². The molecule has 0 unspecified atom stereocenters. The van der Waals surface area contributed by atoms with Gasteiger partial charge in [0, 0.05) is 16.6 Å². The summed E-state index contributed by atoms with van der Waals surface area (Å²) in [4.78, 5) is 26.0. The van der Waals surface area contributed by atoms with Gasteiger partial charge in [0.25, 0.3) is 11.7 Å². The SMILES string of the molecule is C[C@H](NC(=O)[C@@H](C)OC(=O)c1ccccc1Nc1ccc(SC(F)F)cc1)[C@@H]1C[C@@H]2CC[C@@H]1C2. The average molecular weight is 489 g/mol. The predicted octanol–water partition coefficient (Wildman–Crippen LogP) is 6.23. The number of alkyl halides is 2. The van der Waals surface area contributed by atoms with Crippen LogP contribution in [-0.2, 0) is 9.53 Å². The van der Waals surface area contributed by atoms with E-state index in [0.29, 0.717) is 39.9 Å². The zero-order valence-corrected chi connectivity index (χ0v) is 20.1. The Labute approximate surface area is 203 Å². The number of carbonyl (C=O) groups is 2. The standard InChI is InChI=1S/C26H30F2N2O3S/c1-15(22-14-17-7-8-18(22)13-17)29-24(31)16(2)33-25(32)21-5-3-4-6-23(21)30-19-9-11-20(12-10-19)34-26(27)28/h3-6,9-12,15-18,22,26,30H,7-8,13-14H2,1-2H3,(H,29,31)/t15-,16+,17+,18+,22-/m0/s1. The molecule has 0 aromatic heterocycles. The fourth-order valence-corrected chi connectivity index (χ4v) is 5.78. The fraction of sp³-hybridized carbons (Fsp3) is 0.462. The largest absolute Gasteiger partial charge is 0.449 e. The maximum atomic E-state index is 12.9. The van der Waals surface area contributed by atoms with E-state index in [1.165, 1.54) is 25.7 Å². The number of halogens is 2. The summed E-state index contributed by atoms with van der Waals surface area (Å²) < 4.78 is 30.5. The Balaban J connectivity index is 1.35. The molecule has 0 spiro atoms. The van der Waals surface area contributed by atoms with Crippen LogP contribution in [0, 0.1) is 17.8 Å². The third-order valence-corrected chi connectivity index (χ3v) is 7.69. The summed E-state index contributed by atoms with van der Waals surface area (Å²) in [6.45, 7) is 3.62. The number of nitrogens with one attached hydrogen (secondary N) is 2. The van der Waals surface area contributed by atoms with E-state index in [9.17, 15) is 18.4 Å². The van der Waals surface area contributed by atoms with Gasteiger partial charge in [-0.15, -0.1) is 0 Å². The second-order valence-corrected chi connectivity index (χ2v) is 10.3. The molecule has 34 heavy (non-hydrogen) atoms.